The van der Waals surface area contributed by atoms with Crippen LogP contribution in [-0.4, -0.2) is 51.0 Å². The van der Waals surface area contributed by atoms with Crippen LogP contribution in [0.2, 0.25) is 0 Å². The normalized spacial score (nSPS) is 15.3. The number of hydrogen-bond donors (Lipinski definition) is 3. The molecule has 4 rings (SSSR count). The zero-order valence-electron chi connectivity index (χ0n) is 20.3. The molecule has 1 aliphatic rings. The molecule has 1 amide bonds. The van der Waals surface area contributed by atoms with Crippen LogP contribution in [0.1, 0.15) is 65.5 Å². The first-order valence-electron chi connectivity index (χ1n) is 11.8. The number of aryl methyl sites for hydroxylation is 2. The van der Waals surface area contributed by atoms with Gasteiger partial charge in [0.05, 0.1) is 12.6 Å². The van der Waals surface area contributed by atoms with E-state index in [2.05, 4.69) is 24.0 Å². The molecule has 1 atom stereocenters. The van der Waals surface area contributed by atoms with Crippen molar-refractivity contribution in [2.24, 2.45) is 5.92 Å². The predicted molar refractivity (Wildman–Crippen MR) is 131 cm³/mol. The van der Waals surface area contributed by atoms with Crippen LogP contribution in [0.25, 0.3) is 11.3 Å². The molecule has 34 heavy (non-hydrogen) atoms. The van der Waals surface area contributed by atoms with Crippen molar-refractivity contribution in [1.29, 1.82) is 0 Å². The number of aliphatic hydroxyl groups excluding tert-OH is 1. The van der Waals surface area contributed by atoms with Crippen LogP contribution in [0.15, 0.2) is 36.4 Å². The zero-order chi connectivity index (χ0) is 24.4. The molecule has 0 fully saturated rings. The molecule has 1 aliphatic heterocycles. The number of aliphatic hydroxyl groups is 1. The SMILES string of the molecule is Cc1cc(C)c(O)c(-c2n[nH]c3c2[C@@H](c2cccc(OCCC(C)C)c2)N(CCCO)C3=O)c1. The van der Waals surface area contributed by atoms with Crippen molar-refractivity contribution in [2.75, 3.05) is 19.8 Å². The van der Waals surface area contributed by atoms with Gasteiger partial charge in [-0.3, -0.25) is 9.89 Å². The number of carbonyl (C=O) groups is 1. The third kappa shape index (κ3) is 4.53. The van der Waals surface area contributed by atoms with Crippen molar-refractivity contribution in [3.63, 3.8) is 0 Å². The van der Waals surface area contributed by atoms with Crippen molar-refractivity contribution < 1.29 is 19.7 Å². The summed E-state index contributed by atoms with van der Waals surface area (Å²) < 4.78 is 5.99. The maximum Gasteiger partial charge on any atom is 0.273 e. The maximum absolute atomic E-state index is 13.4. The highest BCUT2D eigenvalue weighted by atomic mass is 16.5. The molecule has 0 radical (unpaired) electrons. The summed E-state index contributed by atoms with van der Waals surface area (Å²) in [6, 6.07) is 11.2. The summed E-state index contributed by atoms with van der Waals surface area (Å²) >= 11 is 0. The molecular weight excluding hydrogens is 430 g/mol. The van der Waals surface area contributed by atoms with E-state index >= 15 is 0 Å². The number of phenols is 1. The molecule has 7 nitrogen and oxygen atoms in total. The number of aromatic hydroxyl groups is 1. The van der Waals surface area contributed by atoms with E-state index in [9.17, 15) is 15.0 Å². The van der Waals surface area contributed by atoms with E-state index in [1.54, 1.807) is 4.90 Å². The smallest absolute Gasteiger partial charge is 0.273 e. The number of nitrogens with zero attached hydrogens (tertiary/aromatic N) is 2. The van der Waals surface area contributed by atoms with Crippen LogP contribution >= 0.6 is 0 Å². The molecule has 0 unspecified atom stereocenters. The Hall–Kier alpha value is -3.32. The summed E-state index contributed by atoms with van der Waals surface area (Å²) in [4.78, 5) is 15.1. The highest BCUT2D eigenvalue weighted by molar-refractivity contribution is 6.00. The number of amides is 1. The van der Waals surface area contributed by atoms with Crippen LogP contribution in [0.4, 0.5) is 0 Å². The fourth-order valence-electron chi connectivity index (χ4n) is 4.55. The maximum atomic E-state index is 13.4. The van der Waals surface area contributed by atoms with Crippen molar-refractivity contribution in [3.05, 3.63) is 64.3 Å². The molecule has 0 aliphatic carbocycles. The second kappa shape index (κ2) is 9.89. The molecule has 2 aromatic carbocycles. The molecular formula is C27H33N3O4. The minimum Gasteiger partial charge on any atom is -0.507 e. The van der Waals surface area contributed by atoms with E-state index in [4.69, 9.17) is 4.74 Å². The number of hydrogen-bond acceptors (Lipinski definition) is 5. The molecule has 0 saturated carbocycles. The first-order chi connectivity index (χ1) is 16.3. The quantitative estimate of drug-likeness (QED) is 0.425. The number of carbonyl (C=O) groups excluding carboxylic acids is 1. The molecule has 0 bridgehead atoms. The highest BCUT2D eigenvalue weighted by Crippen LogP contribution is 2.45. The van der Waals surface area contributed by atoms with Crippen molar-refractivity contribution in [3.8, 4) is 22.8 Å². The number of rotatable bonds is 9. The van der Waals surface area contributed by atoms with E-state index in [0.717, 1.165) is 34.4 Å². The fraction of sp³-hybridized carbons (Fsp3) is 0.407. The van der Waals surface area contributed by atoms with Gasteiger partial charge in [-0.05, 0) is 67.5 Å². The summed E-state index contributed by atoms with van der Waals surface area (Å²) in [6.45, 7) is 9.16. The Bertz CT molecular complexity index is 1180. The van der Waals surface area contributed by atoms with E-state index < -0.39 is 6.04 Å². The Kier molecular flexibility index (Phi) is 6.93. The number of aromatic nitrogens is 2. The summed E-state index contributed by atoms with van der Waals surface area (Å²) in [6.07, 6.45) is 1.42. The van der Waals surface area contributed by atoms with Crippen molar-refractivity contribution in [1.82, 2.24) is 15.1 Å². The van der Waals surface area contributed by atoms with Crippen LogP contribution < -0.4 is 4.74 Å². The summed E-state index contributed by atoms with van der Waals surface area (Å²) in [5, 5.41) is 27.7. The number of H-pyrrole nitrogens is 1. The lowest BCUT2D eigenvalue weighted by molar-refractivity contribution is 0.0732. The highest BCUT2D eigenvalue weighted by Gasteiger charge is 2.42. The van der Waals surface area contributed by atoms with Gasteiger partial charge in [0.2, 0.25) is 0 Å². The standard InChI is InChI=1S/C27H33N3O4/c1-16(2)9-12-34-20-8-5-7-19(15-20)25-22-23(21-14-17(3)13-18(4)26(21)32)28-29-24(22)27(33)30(25)10-6-11-31/h5,7-8,13-16,25,31-32H,6,9-12H2,1-4H3,(H,28,29)/t25-/m1/s1. The molecule has 0 saturated heterocycles. The lowest BCUT2D eigenvalue weighted by atomic mass is 9.94. The van der Waals surface area contributed by atoms with Crippen LogP contribution in [0.5, 0.6) is 11.5 Å². The molecule has 2 heterocycles. The fourth-order valence-corrected chi connectivity index (χ4v) is 4.55. The van der Waals surface area contributed by atoms with E-state index in [0.29, 0.717) is 42.4 Å². The average molecular weight is 464 g/mol. The van der Waals surface area contributed by atoms with Crippen molar-refractivity contribution in [2.45, 2.75) is 46.6 Å². The molecule has 180 valence electrons. The van der Waals surface area contributed by atoms with Gasteiger partial charge >= 0.3 is 0 Å². The lowest BCUT2D eigenvalue weighted by Gasteiger charge is -2.26. The monoisotopic (exact) mass is 463 g/mol. The van der Waals surface area contributed by atoms with Gasteiger partial charge in [-0.15, -0.1) is 0 Å². The Morgan fingerprint density at radius 3 is 2.74 bits per heavy atom. The van der Waals surface area contributed by atoms with E-state index in [1.807, 2.05) is 50.2 Å². The molecule has 1 aromatic heterocycles. The second-order valence-corrected chi connectivity index (χ2v) is 9.42. The van der Waals surface area contributed by atoms with Gasteiger partial charge in [0.1, 0.15) is 22.9 Å². The average Bonchev–Trinajstić information content (AvgIpc) is 3.33. The third-order valence-corrected chi connectivity index (χ3v) is 6.26. The van der Waals surface area contributed by atoms with Crippen molar-refractivity contribution >= 4 is 5.91 Å². The third-order valence-electron chi connectivity index (χ3n) is 6.26. The van der Waals surface area contributed by atoms with E-state index in [-0.39, 0.29) is 18.3 Å². The molecule has 7 heteroatoms. The van der Waals surface area contributed by atoms with Crippen LogP contribution in [-0.2, 0) is 0 Å². The number of phenolic OH excluding ortho intramolecular Hbond substituents is 1. The van der Waals surface area contributed by atoms with Gasteiger partial charge in [0, 0.05) is 24.3 Å². The van der Waals surface area contributed by atoms with Gasteiger partial charge in [-0.2, -0.15) is 5.10 Å². The molecule has 3 aromatic rings. The Labute approximate surface area is 200 Å². The number of fused-ring (bicyclic) bond motifs is 1. The second-order valence-electron chi connectivity index (χ2n) is 9.42. The molecule has 0 spiro atoms. The predicted octanol–water partition coefficient (Wildman–Crippen LogP) is 4.75. The molecule has 3 N–H and O–H groups in total. The minimum atomic E-state index is -0.406. The lowest BCUT2D eigenvalue weighted by Crippen LogP contribution is -2.31. The number of ether oxygens (including phenoxy) is 1. The Morgan fingerprint density at radius 1 is 1.21 bits per heavy atom. The number of benzene rings is 2. The van der Waals surface area contributed by atoms with Crippen LogP contribution in [0.3, 0.4) is 0 Å². The van der Waals surface area contributed by atoms with Crippen LogP contribution in [0, 0.1) is 19.8 Å². The topological polar surface area (TPSA) is 98.7 Å². The summed E-state index contributed by atoms with van der Waals surface area (Å²) in [5.41, 5.74) is 4.98. The zero-order valence-corrected chi connectivity index (χ0v) is 20.3. The van der Waals surface area contributed by atoms with Gasteiger partial charge in [-0.25, -0.2) is 0 Å². The first-order valence-corrected chi connectivity index (χ1v) is 11.8. The first kappa shape index (κ1) is 23.8. The summed E-state index contributed by atoms with van der Waals surface area (Å²) in [7, 11) is 0. The van der Waals surface area contributed by atoms with Gasteiger partial charge < -0.3 is 19.8 Å². The number of aromatic amines is 1. The van der Waals surface area contributed by atoms with Gasteiger partial charge in [-0.1, -0.05) is 32.0 Å². The Balaban J connectivity index is 1.80. The largest absolute Gasteiger partial charge is 0.507 e. The Morgan fingerprint density at radius 2 is 2.00 bits per heavy atom. The van der Waals surface area contributed by atoms with Gasteiger partial charge in [0.25, 0.3) is 5.91 Å². The minimum absolute atomic E-state index is 0.00818. The van der Waals surface area contributed by atoms with E-state index in [1.165, 1.54) is 0 Å². The summed E-state index contributed by atoms with van der Waals surface area (Å²) in [5.74, 6) is 1.29. The number of nitrogens with one attached hydrogen (secondary N) is 1. The van der Waals surface area contributed by atoms with Gasteiger partial charge in [0.15, 0.2) is 0 Å².